The lowest BCUT2D eigenvalue weighted by Crippen LogP contribution is -1.97. The molecule has 0 saturated carbocycles. The van der Waals surface area contributed by atoms with Crippen LogP contribution in [0.3, 0.4) is 0 Å². The molecule has 3 aromatic rings. The van der Waals surface area contributed by atoms with Crippen molar-refractivity contribution in [1.82, 2.24) is 9.38 Å². The Balaban J connectivity index is 1.69. The quantitative estimate of drug-likeness (QED) is 0.454. The van der Waals surface area contributed by atoms with Crippen molar-refractivity contribution in [3.8, 4) is 5.75 Å². The third-order valence-corrected chi connectivity index (χ3v) is 3.22. The maximum absolute atomic E-state index is 8.72. The summed E-state index contributed by atoms with van der Waals surface area (Å²) in [6.07, 6.45) is 3.91. The first-order valence-electron chi connectivity index (χ1n) is 6.61. The van der Waals surface area contributed by atoms with Crippen LogP contribution in [0.5, 0.6) is 5.75 Å². The molecule has 2 aromatic heterocycles. The molecule has 0 saturated heterocycles. The summed E-state index contributed by atoms with van der Waals surface area (Å²) in [4.78, 5) is 4.47. The lowest BCUT2D eigenvalue weighted by molar-refractivity contribution is 0.302. The fourth-order valence-corrected chi connectivity index (χ4v) is 2.06. The van der Waals surface area contributed by atoms with E-state index in [1.807, 2.05) is 59.3 Å². The summed E-state index contributed by atoms with van der Waals surface area (Å²) < 4.78 is 7.67. The van der Waals surface area contributed by atoms with Crippen LogP contribution in [0.15, 0.2) is 60.0 Å². The average molecular weight is 281 g/mol. The molecule has 5 nitrogen and oxygen atoms in total. The van der Waals surface area contributed by atoms with E-state index in [2.05, 4.69) is 10.1 Å². The summed E-state index contributed by atoms with van der Waals surface area (Å²) in [5.41, 5.74) is 3.21. The van der Waals surface area contributed by atoms with Gasteiger partial charge in [0.1, 0.15) is 18.0 Å². The molecule has 0 aliphatic carbocycles. The van der Waals surface area contributed by atoms with Gasteiger partial charge in [-0.05, 0) is 48.9 Å². The van der Waals surface area contributed by atoms with Crippen molar-refractivity contribution in [2.75, 3.05) is 0 Å². The van der Waals surface area contributed by atoms with Gasteiger partial charge in [-0.3, -0.25) is 0 Å². The predicted molar refractivity (Wildman–Crippen MR) is 80.0 cm³/mol. The second-order valence-corrected chi connectivity index (χ2v) is 4.70. The van der Waals surface area contributed by atoms with Crippen molar-refractivity contribution in [1.29, 1.82) is 0 Å². The standard InChI is InChI=1S/C16H15N3O2/c1-12(18-20)13-5-7-15(8-6-13)21-11-14-10-19-9-3-2-4-16(19)17-14/h2-10,20H,11H2,1H3/b18-12+. The van der Waals surface area contributed by atoms with Crippen LogP contribution in [-0.4, -0.2) is 20.3 Å². The van der Waals surface area contributed by atoms with Crippen LogP contribution in [0.2, 0.25) is 0 Å². The number of oxime groups is 1. The van der Waals surface area contributed by atoms with E-state index in [0.29, 0.717) is 12.3 Å². The van der Waals surface area contributed by atoms with Crippen molar-refractivity contribution in [2.24, 2.45) is 5.16 Å². The fourth-order valence-electron chi connectivity index (χ4n) is 2.06. The third-order valence-electron chi connectivity index (χ3n) is 3.22. The fraction of sp³-hybridized carbons (Fsp3) is 0.125. The summed E-state index contributed by atoms with van der Waals surface area (Å²) >= 11 is 0. The molecule has 21 heavy (non-hydrogen) atoms. The van der Waals surface area contributed by atoms with Crippen molar-refractivity contribution >= 4 is 11.4 Å². The van der Waals surface area contributed by atoms with Gasteiger partial charge in [0, 0.05) is 12.4 Å². The van der Waals surface area contributed by atoms with Gasteiger partial charge in [-0.2, -0.15) is 0 Å². The van der Waals surface area contributed by atoms with Gasteiger partial charge in [-0.1, -0.05) is 11.2 Å². The van der Waals surface area contributed by atoms with Crippen LogP contribution in [-0.2, 0) is 6.61 Å². The van der Waals surface area contributed by atoms with Gasteiger partial charge < -0.3 is 14.3 Å². The van der Waals surface area contributed by atoms with Crippen LogP contribution in [0.4, 0.5) is 0 Å². The third kappa shape index (κ3) is 2.86. The second-order valence-electron chi connectivity index (χ2n) is 4.70. The molecular formula is C16H15N3O2. The highest BCUT2D eigenvalue weighted by Gasteiger charge is 2.03. The molecule has 0 unspecified atom stereocenters. The Hall–Kier alpha value is -2.82. The lowest BCUT2D eigenvalue weighted by atomic mass is 10.1. The molecule has 0 radical (unpaired) electrons. The van der Waals surface area contributed by atoms with Gasteiger partial charge in [0.05, 0.1) is 11.4 Å². The number of rotatable bonds is 4. The van der Waals surface area contributed by atoms with Gasteiger partial charge in [-0.15, -0.1) is 0 Å². The summed E-state index contributed by atoms with van der Waals surface area (Å²) in [5, 5.41) is 11.9. The van der Waals surface area contributed by atoms with Crippen LogP contribution in [0.1, 0.15) is 18.2 Å². The molecule has 0 aliphatic rings. The molecule has 1 N–H and O–H groups in total. The summed E-state index contributed by atoms with van der Waals surface area (Å²) in [6.45, 7) is 2.15. The van der Waals surface area contributed by atoms with E-state index < -0.39 is 0 Å². The van der Waals surface area contributed by atoms with Crippen LogP contribution < -0.4 is 4.74 Å². The number of benzene rings is 1. The second kappa shape index (κ2) is 5.66. The van der Waals surface area contributed by atoms with Crippen LogP contribution >= 0.6 is 0 Å². The minimum absolute atomic E-state index is 0.411. The molecule has 1 aromatic carbocycles. The molecule has 106 valence electrons. The molecule has 0 fully saturated rings. The highest BCUT2D eigenvalue weighted by atomic mass is 16.5. The highest BCUT2D eigenvalue weighted by molar-refractivity contribution is 5.98. The Morgan fingerprint density at radius 2 is 2.05 bits per heavy atom. The van der Waals surface area contributed by atoms with E-state index in [-0.39, 0.29) is 0 Å². The Labute approximate surface area is 122 Å². The van der Waals surface area contributed by atoms with E-state index in [4.69, 9.17) is 9.94 Å². The molecule has 3 rings (SSSR count). The number of fused-ring (bicyclic) bond motifs is 1. The van der Waals surface area contributed by atoms with Crippen molar-refractivity contribution in [2.45, 2.75) is 13.5 Å². The first-order valence-corrected chi connectivity index (χ1v) is 6.61. The Morgan fingerprint density at radius 3 is 2.76 bits per heavy atom. The minimum Gasteiger partial charge on any atom is -0.487 e. The predicted octanol–water partition coefficient (Wildman–Crippen LogP) is 3.11. The van der Waals surface area contributed by atoms with Crippen LogP contribution in [0.25, 0.3) is 5.65 Å². The topological polar surface area (TPSA) is 59.1 Å². The van der Waals surface area contributed by atoms with Crippen molar-refractivity contribution in [3.05, 3.63) is 66.1 Å². The maximum Gasteiger partial charge on any atom is 0.137 e. The van der Waals surface area contributed by atoms with Crippen molar-refractivity contribution < 1.29 is 9.94 Å². The normalized spacial score (nSPS) is 11.8. The molecule has 0 amide bonds. The number of ether oxygens (including phenoxy) is 1. The van der Waals surface area contributed by atoms with E-state index in [9.17, 15) is 0 Å². The van der Waals surface area contributed by atoms with E-state index in [1.165, 1.54) is 0 Å². The highest BCUT2D eigenvalue weighted by Crippen LogP contribution is 2.15. The van der Waals surface area contributed by atoms with Gasteiger partial charge in [0.25, 0.3) is 0 Å². The van der Waals surface area contributed by atoms with E-state index >= 15 is 0 Å². The maximum atomic E-state index is 8.72. The number of hydrogen-bond donors (Lipinski definition) is 1. The molecule has 5 heteroatoms. The van der Waals surface area contributed by atoms with E-state index in [1.54, 1.807) is 6.92 Å². The number of imidazole rings is 1. The van der Waals surface area contributed by atoms with E-state index in [0.717, 1.165) is 22.7 Å². The molecular weight excluding hydrogens is 266 g/mol. The first kappa shape index (κ1) is 13.2. The van der Waals surface area contributed by atoms with Gasteiger partial charge in [0.15, 0.2) is 0 Å². The van der Waals surface area contributed by atoms with Gasteiger partial charge >= 0.3 is 0 Å². The Morgan fingerprint density at radius 1 is 1.24 bits per heavy atom. The molecule has 0 spiro atoms. The number of pyridine rings is 1. The zero-order valence-electron chi connectivity index (χ0n) is 11.6. The van der Waals surface area contributed by atoms with Gasteiger partial charge in [0.2, 0.25) is 0 Å². The van der Waals surface area contributed by atoms with Crippen molar-refractivity contribution in [3.63, 3.8) is 0 Å². The summed E-state index contributed by atoms with van der Waals surface area (Å²) in [6, 6.07) is 13.3. The largest absolute Gasteiger partial charge is 0.487 e. The first-order chi connectivity index (χ1) is 10.3. The Kier molecular flexibility index (Phi) is 3.55. The molecule has 0 atom stereocenters. The monoisotopic (exact) mass is 281 g/mol. The minimum atomic E-state index is 0.411. The zero-order chi connectivity index (χ0) is 14.7. The van der Waals surface area contributed by atoms with Crippen LogP contribution in [0, 0.1) is 0 Å². The smallest absolute Gasteiger partial charge is 0.137 e. The average Bonchev–Trinajstić information content (AvgIpc) is 2.95. The molecule has 0 aliphatic heterocycles. The summed E-state index contributed by atoms with van der Waals surface area (Å²) in [5.74, 6) is 0.751. The molecule has 2 heterocycles. The number of hydrogen-bond acceptors (Lipinski definition) is 4. The number of aromatic nitrogens is 2. The Bertz CT molecular complexity index is 743. The van der Waals surface area contributed by atoms with Gasteiger partial charge in [-0.25, -0.2) is 4.98 Å². The lowest BCUT2D eigenvalue weighted by Gasteiger charge is -2.05. The molecule has 0 bridgehead atoms. The number of nitrogens with zero attached hydrogens (tertiary/aromatic N) is 3. The summed E-state index contributed by atoms with van der Waals surface area (Å²) in [7, 11) is 0. The SMILES string of the molecule is C/C(=N\O)c1ccc(OCc2cn3ccccc3n2)cc1. The zero-order valence-corrected chi connectivity index (χ0v) is 11.6.